The minimum atomic E-state index is -0.689. The van der Waals surface area contributed by atoms with Crippen molar-refractivity contribution in [3.05, 3.63) is 52.8 Å². The predicted octanol–water partition coefficient (Wildman–Crippen LogP) is 1.03. The van der Waals surface area contributed by atoms with Gasteiger partial charge in [0.15, 0.2) is 0 Å². The Morgan fingerprint density at radius 3 is 2.27 bits per heavy atom. The summed E-state index contributed by atoms with van der Waals surface area (Å²) in [6, 6.07) is 6.34. The van der Waals surface area contributed by atoms with Crippen molar-refractivity contribution < 1.29 is 19.2 Å². The summed E-state index contributed by atoms with van der Waals surface area (Å²) in [4.78, 5) is 41.1. The first-order valence-corrected chi connectivity index (χ1v) is 6.65. The minimum Gasteiger partial charge on any atom is -0.329 e. The molecule has 2 heterocycles. The van der Waals surface area contributed by atoms with E-state index >= 15 is 0 Å². The van der Waals surface area contributed by atoms with E-state index < -0.39 is 17.8 Å². The Morgan fingerprint density at radius 2 is 1.77 bits per heavy atom. The molecule has 7 heteroatoms. The lowest BCUT2D eigenvalue weighted by molar-refractivity contribution is -0.167. The zero-order chi connectivity index (χ0) is 15.9. The predicted molar refractivity (Wildman–Crippen MR) is 74.7 cm³/mol. The van der Waals surface area contributed by atoms with Gasteiger partial charge in [-0.2, -0.15) is 5.10 Å². The fourth-order valence-electron chi connectivity index (χ4n) is 2.36. The molecule has 0 atom stereocenters. The second kappa shape index (κ2) is 5.10. The molecule has 22 heavy (non-hydrogen) atoms. The van der Waals surface area contributed by atoms with Crippen molar-refractivity contribution in [3.63, 3.8) is 0 Å². The zero-order valence-electron chi connectivity index (χ0n) is 12.1. The van der Waals surface area contributed by atoms with Crippen molar-refractivity contribution in [3.8, 4) is 0 Å². The first kappa shape index (κ1) is 14.0. The van der Waals surface area contributed by atoms with E-state index in [2.05, 4.69) is 5.10 Å². The molecule has 3 rings (SSSR count). The lowest BCUT2D eigenvalue weighted by Crippen LogP contribution is -2.33. The van der Waals surface area contributed by atoms with Gasteiger partial charge in [0.2, 0.25) is 0 Å². The Hall–Kier alpha value is -2.96. The van der Waals surface area contributed by atoms with E-state index in [1.165, 1.54) is 12.1 Å². The van der Waals surface area contributed by atoms with Gasteiger partial charge in [-0.25, -0.2) is 4.79 Å². The molecule has 1 aromatic heterocycles. The third-order valence-electron chi connectivity index (χ3n) is 3.40. The topological polar surface area (TPSA) is 81.5 Å². The average molecular weight is 299 g/mol. The van der Waals surface area contributed by atoms with Crippen molar-refractivity contribution in [2.45, 2.75) is 13.3 Å². The van der Waals surface area contributed by atoms with Gasteiger partial charge in [-0.1, -0.05) is 17.2 Å². The lowest BCUT2D eigenvalue weighted by Gasteiger charge is -2.12. The molecule has 1 aliphatic rings. The quantitative estimate of drug-likeness (QED) is 0.791. The second-order valence-corrected chi connectivity index (χ2v) is 5.00. The summed E-state index contributed by atoms with van der Waals surface area (Å²) >= 11 is 0. The van der Waals surface area contributed by atoms with Crippen LogP contribution in [0.4, 0.5) is 0 Å². The Balaban J connectivity index is 1.74. The fourth-order valence-corrected chi connectivity index (χ4v) is 2.36. The van der Waals surface area contributed by atoms with E-state index in [4.69, 9.17) is 4.84 Å². The first-order valence-electron chi connectivity index (χ1n) is 6.65. The molecule has 2 amide bonds. The summed E-state index contributed by atoms with van der Waals surface area (Å²) in [7, 11) is 1.74. The van der Waals surface area contributed by atoms with E-state index in [0.717, 1.165) is 0 Å². The van der Waals surface area contributed by atoms with Crippen LogP contribution in [-0.4, -0.2) is 32.6 Å². The molecule has 7 nitrogen and oxygen atoms in total. The number of carbonyl (C=O) groups is 3. The summed E-state index contributed by atoms with van der Waals surface area (Å²) in [5.74, 6) is -1.95. The van der Waals surface area contributed by atoms with Crippen LogP contribution in [0, 0.1) is 6.92 Å². The molecular weight excluding hydrogens is 286 g/mol. The van der Waals surface area contributed by atoms with Crippen LogP contribution in [-0.2, 0) is 23.1 Å². The lowest BCUT2D eigenvalue weighted by atomic mass is 10.1. The molecule has 0 N–H and O–H groups in total. The maximum atomic E-state index is 12.1. The SMILES string of the molecule is Cc1nn(C)cc1CC(=O)ON1C(=O)c2ccccc2C1=O. The highest BCUT2D eigenvalue weighted by Crippen LogP contribution is 2.23. The van der Waals surface area contributed by atoms with Gasteiger partial charge in [-0.3, -0.25) is 14.3 Å². The number of carbonyl (C=O) groups excluding carboxylic acids is 3. The number of fused-ring (bicyclic) bond motifs is 1. The molecule has 0 fully saturated rings. The van der Waals surface area contributed by atoms with Crippen LogP contribution < -0.4 is 0 Å². The van der Waals surface area contributed by atoms with Crippen LogP contribution in [0.5, 0.6) is 0 Å². The van der Waals surface area contributed by atoms with Gasteiger partial charge in [0.05, 0.1) is 23.2 Å². The number of imide groups is 1. The van der Waals surface area contributed by atoms with Crippen LogP contribution in [0.15, 0.2) is 30.5 Å². The fraction of sp³-hybridized carbons (Fsp3) is 0.200. The van der Waals surface area contributed by atoms with Gasteiger partial charge in [0.1, 0.15) is 0 Å². The number of nitrogens with zero attached hydrogens (tertiary/aromatic N) is 3. The number of rotatable bonds is 3. The van der Waals surface area contributed by atoms with Gasteiger partial charge >= 0.3 is 5.97 Å². The number of hydrogen-bond acceptors (Lipinski definition) is 5. The minimum absolute atomic E-state index is 0.0624. The highest BCUT2D eigenvalue weighted by molar-refractivity contribution is 6.20. The Labute approximate surface area is 126 Å². The number of benzene rings is 1. The molecule has 112 valence electrons. The molecule has 0 bridgehead atoms. The standard InChI is InChI=1S/C15H13N3O4/c1-9-10(8-17(2)16-9)7-13(19)22-18-14(20)11-5-3-4-6-12(11)15(18)21/h3-6,8H,7H2,1-2H3. The summed E-state index contributed by atoms with van der Waals surface area (Å²) in [6.07, 6.45) is 1.63. The number of hydrogen-bond donors (Lipinski definition) is 0. The molecular formula is C15H13N3O4. The average Bonchev–Trinajstić information content (AvgIpc) is 2.91. The summed E-state index contributed by atoms with van der Waals surface area (Å²) < 4.78 is 1.58. The number of hydroxylamine groups is 2. The van der Waals surface area contributed by atoms with E-state index in [9.17, 15) is 14.4 Å². The Morgan fingerprint density at radius 1 is 1.18 bits per heavy atom. The Kier molecular flexibility index (Phi) is 3.25. The Bertz CT molecular complexity index is 759. The van der Waals surface area contributed by atoms with E-state index in [1.807, 2.05) is 0 Å². The second-order valence-electron chi connectivity index (χ2n) is 5.00. The van der Waals surface area contributed by atoms with Crippen LogP contribution in [0.2, 0.25) is 0 Å². The van der Waals surface area contributed by atoms with E-state index in [-0.39, 0.29) is 17.5 Å². The van der Waals surface area contributed by atoms with Gasteiger partial charge in [-0.15, -0.1) is 0 Å². The van der Waals surface area contributed by atoms with Gasteiger partial charge < -0.3 is 4.84 Å². The van der Waals surface area contributed by atoms with Gasteiger partial charge in [0.25, 0.3) is 11.8 Å². The zero-order valence-corrected chi connectivity index (χ0v) is 12.1. The highest BCUT2D eigenvalue weighted by atomic mass is 16.7. The van der Waals surface area contributed by atoms with Crippen LogP contribution in [0.1, 0.15) is 32.0 Å². The molecule has 0 saturated heterocycles. The first-order chi connectivity index (χ1) is 10.5. The third-order valence-corrected chi connectivity index (χ3v) is 3.40. The molecule has 0 radical (unpaired) electrons. The van der Waals surface area contributed by atoms with Gasteiger partial charge in [0, 0.05) is 18.8 Å². The van der Waals surface area contributed by atoms with Crippen molar-refractivity contribution in [2.24, 2.45) is 7.05 Å². The van der Waals surface area contributed by atoms with Crippen LogP contribution >= 0.6 is 0 Å². The van der Waals surface area contributed by atoms with Crippen LogP contribution in [0.25, 0.3) is 0 Å². The molecule has 0 spiro atoms. The van der Waals surface area contributed by atoms with Gasteiger partial charge in [-0.05, 0) is 19.1 Å². The summed E-state index contributed by atoms with van der Waals surface area (Å²) in [5, 5.41) is 4.63. The summed E-state index contributed by atoms with van der Waals surface area (Å²) in [5.41, 5.74) is 1.85. The molecule has 0 unspecified atom stereocenters. The van der Waals surface area contributed by atoms with Crippen molar-refractivity contribution >= 4 is 17.8 Å². The number of aromatic nitrogens is 2. The third kappa shape index (κ3) is 2.26. The highest BCUT2D eigenvalue weighted by Gasteiger charge is 2.38. The molecule has 2 aromatic rings. The molecule has 0 saturated carbocycles. The van der Waals surface area contributed by atoms with Crippen molar-refractivity contribution in [1.29, 1.82) is 0 Å². The summed E-state index contributed by atoms with van der Waals surface area (Å²) in [6.45, 7) is 1.77. The van der Waals surface area contributed by atoms with E-state index in [0.29, 0.717) is 16.3 Å². The van der Waals surface area contributed by atoms with Crippen LogP contribution in [0.3, 0.4) is 0 Å². The normalized spacial score (nSPS) is 13.5. The number of amides is 2. The molecule has 1 aromatic carbocycles. The number of aryl methyl sites for hydroxylation is 2. The maximum absolute atomic E-state index is 12.1. The van der Waals surface area contributed by atoms with Crippen molar-refractivity contribution in [2.75, 3.05) is 0 Å². The van der Waals surface area contributed by atoms with E-state index in [1.54, 1.807) is 37.0 Å². The van der Waals surface area contributed by atoms with Crippen molar-refractivity contribution in [1.82, 2.24) is 14.8 Å². The molecule has 0 aliphatic carbocycles. The smallest absolute Gasteiger partial charge is 0.329 e. The maximum Gasteiger partial charge on any atom is 0.337 e. The largest absolute Gasteiger partial charge is 0.337 e. The molecule has 1 aliphatic heterocycles. The monoisotopic (exact) mass is 299 g/mol.